The van der Waals surface area contributed by atoms with Gasteiger partial charge < -0.3 is 4.70 Å². The fourth-order valence-electron chi connectivity index (χ4n) is 0. The van der Waals surface area contributed by atoms with Crippen LogP contribution in [0, 0.1) is 0 Å². The SMILES string of the molecule is C[N+](C)(C)F.FB(F)F.[F-]. The molecular weight excluding hydrogens is 156 g/mol. The van der Waals surface area contributed by atoms with Gasteiger partial charge in [0.15, 0.2) is 0 Å². The Labute approximate surface area is 56.7 Å². The summed E-state index contributed by atoms with van der Waals surface area (Å²) in [5, 5.41) is 0. The van der Waals surface area contributed by atoms with Crippen LogP contribution in [0.25, 0.3) is 0 Å². The zero-order valence-corrected chi connectivity index (χ0v) is 5.91. The van der Waals surface area contributed by atoms with Crippen LogP contribution in [0.1, 0.15) is 0 Å². The quantitative estimate of drug-likeness (QED) is 0.232. The highest BCUT2D eigenvalue weighted by atomic mass is 19.4. The van der Waals surface area contributed by atoms with E-state index in [1.807, 2.05) is 0 Å². The van der Waals surface area contributed by atoms with E-state index in [1.165, 1.54) is 21.1 Å². The number of halogens is 5. The van der Waals surface area contributed by atoms with E-state index < -0.39 is 12.2 Å². The Morgan fingerprint density at radius 2 is 1.00 bits per heavy atom. The van der Waals surface area contributed by atoms with E-state index in [0.29, 0.717) is 0 Å². The van der Waals surface area contributed by atoms with E-state index in [-0.39, 0.29) is 4.70 Å². The second kappa shape index (κ2) is 6.79. The zero-order chi connectivity index (χ0) is 8.08. The molecule has 0 radical (unpaired) electrons. The summed E-state index contributed by atoms with van der Waals surface area (Å²) in [6.07, 6.45) is 0. The van der Waals surface area contributed by atoms with Crippen LogP contribution >= 0.6 is 0 Å². The molecule has 0 aromatic rings. The fraction of sp³-hybridized carbons (Fsp3) is 1.00. The van der Waals surface area contributed by atoms with Gasteiger partial charge in [0, 0.05) is 0 Å². The Kier molecular flexibility index (Phi) is 11.1. The molecule has 7 heteroatoms. The minimum atomic E-state index is -3.67. The van der Waals surface area contributed by atoms with Crippen molar-refractivity contribution in [2.24, 2.45) is 0 Å². The molecule has 0 aliphatic heterocycles. The largest absolute Gasteiger partial charge is 1.00 e. The molecule has 0 bridgehead atoms. The highest BCUT2D eigenvalue weighted by molar-refractivity contribution is 6.33. The van der Waals surface area contributed by atoms with Gasteiger partial charge in [0.2, 0.25) is 0 Å². The standard InChI is InChI=1S/C3H9FN.BF3.FH/c1-5(2,3)4;2-1(3)4;/h1-3H3;;1H/q+1;;/p-1. The Morgan fingerprint density at radius 3 is 1.00 bits per heavy atom. The van der Waals surface area contributed by atoms with E-state index in [9.17, 15) is 17.4 Å². The molecule has 64 valence electrons. The topological polar surface area (TPSA) is 0 Å². The molecule has 0 atom stereocenters. The molecule has 1 nitrogen and oxygen atoms in total. The summed E-state index contributed by atoms with van der Waals surface area (Å²) in [6, 6.07) is 0. The monoisotopic (exact) mass is 165 g/mol. The van der Waals surface area contributed by atoms with Gasteiger partial charge >= 0.3 is 7.54 Å². The third-order valence-corrected chi connectivity index (χ3v) is 0. The van der Waals surface area contributed by atoms with Crippen molar-refractivity contribution in [1.82, 2.24) is 0 Å². The minimum absolute atomic E-state index is 0. The van der Waals surface area contributed by atoms with Gasteiger partial charge in [-0.3, -0.25) is 12.9 Å². The molecule has 0 aliphatic rings. The smallest absolute Gasteiger partial charge is 0.762 e. The van der Waals surface area contributed by atoms with Crippen LogP contribution < -0.4 is 4.70 Å². The first kappa shape index (κ1) is 16.3. The molecule has 0 spiro atoms. The average molecular weight is 165 g/mol. The summed E-state index contributed by atoms with van der Waals surface area (Å²) in [4.78, 5) is 0. The van der Waals surface area contributed by atoms with Crippen LogP contribution in [-0.2, 0) is 0 Å². The summed E-state index contributed by atoms with van der Waals surface area (Å²) < 4.78 is 40.1. The fourth-order valence-corrected chi connectivity index (χ4v) is 0. The summed E-state index contributed by atoms with van der Waals surface area (Å²) in [5.74, 6) is 0. The summed E-state index contributed by atoms with van der Waals surface area (Å²) in [6.45, 7) is 0. The van der Waals surface area contributed by atoms with Crippen LogP contribution in [-0.4, -0.2) is 33.4 Å². The number of hydrogen-bond acceptors (Lipinski definition) is 0. The number of quaternary nitrogens is 1. The van der Waals surface area contributed by atoms with E-state index in [0.717, 1.165) is 0 Å². The van der Waals surface area contributed by atoms with Crippen molar-refractivity contribution in [2.45, 2.75) is 0 Å². The summed E-state index contributed by atoms with van der Waals surface area (Å²) >= 11 is 0. The van der Waals surface area contributed by atoms with Gasteiger partial charge in [0.05, 0.1) is 0 Å². The number of hydrogen-bond donors (Lipinski definition) is 0. The van der Waals surface area contributed by atoms with Crippen molar-refractivity contribution in [3.05, 3.63) is 0 Å². The molecule has 0 saturated heterocycles. The molecule has 0 N–H and O–H groups in total. The molecule has 0 saturated carbocycles. The molecule has 0 aromatic carbocycles. The van der Waals surface area contributed by atoms with Gasteiger partial charge in [-0.05, 0) is 4.48 Å². The third-order valence-electron chi connectivity index (χ3n) is 0. The van der Waals surface area contributed by atoms with Crippen molar-refractivity contribution in [1.29, 1.82) is 0 Å². The maximum Gasteiger partial charge on any atom is 0.762 e. The van der Waals surface area contributed by atoms with Crippen LogP contribution in [0.2, 0.25) is 0 Å². The number of nitrogens with zero attached hydrogens (tertiary/aromatic N) is 1. The van der Waals surface area contributed by atoms with Crippen LogP contribution in [0.5, 0.6) is 0 Å². The van der Waals surface area contributed by atoms with Gasteiger partial charge in [-0.25, -0.2) is 0 Å². The molecule has 10 heavy (non-hydrogen) atoms. The van der Waals surface area contributed by atoms with E-state index in [2.05, 4.69) is 0 Å². The van der Waals surface area contributed by atoms with Gasteiger partial charge in [0.1, 0.15) is 21.1 Å². The van der Waals surface area contributed by atoms with Gasteiger partial charge in [-0.2, -0.15) is 0 Å². The Balaban J connectivity index is -0.0000000910. The second-order valence-corrected chi connectivity index (χ2v) is 2.10. The van der Waals surface area contributed by atoms with Crippen molar-refractivity contribution in [3.63, 3.8) is 0 Å². The van der Waals surface area contributed by atoms with Crippen molar-refractivity contribution >= 4 is 7.54 Å². The third kappa shape index (κ3) is 3240. The lowest BCUT2D eigenvalue weighted by molar-refractivity contribution is -1.01. The normalized spacial score (nSPS) is 8.70. The van der Waals surface area contributed by atoms with E-state index in [1.54, 1.807) is 0 Å². The zero-order valence-electron chi connectivity index (χ0n) is 5.91. The Hall–Kier alpha value is -0.325. The maximum absolute atomic E-state index is 11.6. The minimum Gasteiger partial charge on any atom is -1.00 e. The lowest BCUT2D eigenvalue weighted by atomic mass is 10.5. The first-order chi connectivity index (χ1) is 3.73. The van der Waals surface area contributed by atoms with Crippen molar-refractivity contribution in [2.75, 3.05) is 21.1 Å². The van der Waals surface area contributed by atoms with Crippen LogP contribution in [0.3, 0.4) is 0 Å². The highest BCUT2D eigenvalue weighted by Gasteiger charge is 2.06. The maximum atomic E-state index is 11.6. The van der Waals surface area contributed by atoms with Crippen molar-refractivity contribution < 1.29 is 26.8 Å². The molecule has 0 unspecified atom stereocenters. The molecule has 0 aromatic heterocycles. The van der Waals surface area contributed by atoms with Crippen molar-refractivity contribution in [3.8, 4) is 0 Å². The lowest BCUT2D eigenvalue weighted by Crippen LogP contribution is -3.00. The predicted octanol–water partition coefficient (Wildman–Crippen LogP) is -1.54. The molecule has 0 rings (SSSR count). The Morgan fingerprint density at radius 1 is 1.00 bits per heavy atom. The van der Waals surface area contributed by atoms with E-state index >= 15 is 0 Å². The second-order valence-electron chi connectivity index (χ2n) is 2.10. The van der Waals surface area contributed by atoms with E-state index in [4.69, 9.17) is 0 Å². The lowest BCUT2D eigenvalue weighted by Gasteiger charge is -2.03. The van der Waals surface area contributed by atoms with Gasteiger partial charge in [-0.1, -0.05) is 0 Å². The molecule has 0 heterocycles. The average Bonchev–Trinajstić information content (AvgIpc) is 1.19. The predicted molar refractivity (Wildman–Crippen MR) is 28.2 cm³/mol. The molecule has 0 amide bonds. The van der Waals surface area contributed by atoms with Gasteiger partial charge in [0.25, 0.3) is 0 Å². The van der Waals surface area contributed by atoms with Crippen LogP contribution in [0.15, 0.2) is 0 Å². The summed E-state index contributed by atoms with van der Waals surface area (Å²) in [5.41, 5.74) is 0. The Bertz CT molecular complexity index is 53.6. The number of rotatable bonds is 0. The first-order valence-electron chi connectivity index (χ1n) is 2.17. The molecule has 0 fully saturated rings. The molecule has 0 aliphatic carbocycles. The highest BCUT2D eigenvalue weighted by Crippen LogP contribution is 1.84. The first-order valence-corrected chi connectivity index (χ1v) is 2.17. The molecular formula is C3H9BF5N. The summed E-state index contributed by atoms with van der Waals surface area (Å²) in [7, 11) is 0.708. The van der Waals surface area contributed by atoms with Gasteiger partial charge in [-0.15, -0.1) is 4.71 Å². The van der Waals surface area contributed by atoms with Crippen LogP contribution in [0.4, 0.5) is 17.4 Å².